The predicted octanol–water partition coefficient (Wildman–Crippen LogP) is 2.15. The number of nitrogens with one attached hydrogen (secondary N) is 1. The zero-order chi connectivity index (χ0) is 19.2. The Morgan fingerprint density at radius 1 is 1.12 bits per heavy atom. The zero-order valence-corrected chi connectivity index (χ0v) is 14.8. The number of benzene rings is 1. The Hall–Kier alpha value is -1.93. The lowest BCUT2D eigenvalue weighted by molar-refractivity contribution is 0.222. The van der Waals surface area contributed by atoms with Gasteiger partial charge in [-0.1, -0.05) is 12.1 Å². The highest BCUT2D eigenvalue weighted by Crippen LogP contribution is 2.71. The molecular formula is C14H14FN3O6P2. The van der Waals surface area contributed by atoms with E-state index in [1.165, 1.54) is 18.3 Å². The van der Waals surface area contributed by atoms with Crippen molar-refractivity contribution >= 4 is 26.1 Å². The zero-order valence-electron chi connectivity index (χ0n) is 13.0. The van der Waals surface area contributed by atoms with Crippen LogP contribution in [0.5, 0.6) is 0 Å². The smallest absolute Gasteiger partial charge is 0.322 e. The van der Waals surface area contributed by atoms with Gasteiger partial charge < -0.3 is 19.6 Å². The van der Waals surface area contributed by atoms with E-state index >= 15 is 0 Å². The quantitative estimate of drug-likeness (QED) is 0.407. The minimum atomic E-state index is -5.76. The van der Waals surface area contributed by atoms with E-state index in [0.717, 1.165) is 5.52 Å². The number of rotatable bonds is 5. The summed E-state index contributed by atoms with van der Waals surface area (Å²) in [5, 5.41) is 3.40. The monoisotopic (exact) mass is 401 g/mol. The Bertz CT molecular complexity index is 1040. The molecule has 0 amide bonds. The maximum Gasteiger partial charge on any atom is 0.375 e. The second-order valence-electron chi connectivity index (χ2n) is 5.67. The van der Waals surface area contributed by atoms with E-state index in [1.807, 2.05) is 0 Å². The van der Waals surface area contributed by atoms with Crippen LogP contribution in [0.1, 0.15) is 5.56 Å². The van der Waals surface area contributed by atoms with Crippen LogP contribution in [0.25, 0.3) is 22.2 Å². The van der Waals surface area contributed by atoms with E-state index in [-0.39, 0.29) is 5.56 Å². The molecule has 1 aromatic carbocycles. The van der Waals surface area contributed by atoms with Gasteiger partial charge in [0.25, 0.3) is 0 Å². The normalized spacial score (nSPS) is 13.3. The van der Waals surface area contributed by atoms with Crippen molar-refractivity contribution in [3.63, 3.8) is 0 Å². The second-order valence-corrected chi connectivity index (χ2v) is 9.62. The van der Waals surface area contributed by atoms with E-state index in [0.29, 0.717) is 16.6 Å². The van der Waals surface area contributed by atoms with Crippen LogP contribution in [-0.4, -0.2) is 39.9 Å². The summed E-state index contributed by atoms with van der Waals surface area (Å²) in [6, 6.07) is 7.79. The number of hydrogen-bond acceptors (Lipinski definition) is 4. The highest BCUT2D eigenvalue weighted by molar-refractivity contribution is 7.72. The number of hydrogen-bond donors (Lipinski definition) is 5. The molecule has 0 unspecified atom stereocenters. The molecule has 26 heavy (non-hydrogen) atoms. The Labute approximate surface area is 146 Å². The summed E-state index contributed by atoms with van der Waals surface area (Å²) < 4.78 is 37.5. The largest absolute Gasteiger partial charge is 0.375 e. The lowest BCUT2D eigenvalue weighted by atomic mass is 10.0. The molecule has 9 nitrogen and oxygen atoms in total. The van der Waals surface area contributed by atoms with Gasteiger partial charge in [-0.25, -0.2) is 4.39 Å². The first-order valence-electron chi connectivity index (χ1n) is 7.20. The van der Waals surface area contributed by atoms with Crippen LogP contribution < -0.4 is 0 Å². The summed E-state index contributed by atoms with van der Waals surface area (Å²) in [5.41, 5.74) is 1.66. The molecule has 0 radical (unpaired) electrons. The van der Waals surface area contributed by atoms with Gasteiger partial charge >= 0.3 is 20.3 Å². The first kappa shape index (κ1) is 18.8. The molecule has 5 N–H and O–H groups in total. The average molecular weight is 401 g/mol. The van der Waals surface area contributed by atoms with Crippen molar-refractivity contribution in [3.8, 4) is 11.3 Å². The predicted molar refractivity (Wildman–Crippen MR) is 91.0 cm³/mol. The first-order valence-corrected chi connectivity index (χ1v) is 10.4. The van der Waals surface area contributed by atoms with E-state index in [9.17, 15) is 13.5 Å². The molecule has 0 fully saturated rings. The molecule has 0 aliphatic rings. The number of aromatic nitrogens is 3. The number of nitrogens with zero attached hydrogens (tertiary/aromatic N) is 2. The minimum Gasteiger partial charge on any atom is -0.322 e. The molecule has 0 aliphatic heterocycles. The fourth-order valence-corrected chi connectivity index (χ4v) is 4.69. The highest BCUT2D eigenvalue weighted by Gasteiger charge is 2.61. The van der Waals surface area contributed by atoms with Gasteiger partial charge in [0.15, 0.2) is 0 Å². The molecule has 0 saturated heterocycles. The molecule has 138 valence electrons. The number of pyridine rings is 1. The molecule has 0 aliphatic carbocycles. The lowest BCUT2D eigenvalue weighted by Gasteiger charge is -2.26. The molecule has 0 bridgehead atoms. The van der Waals surface area contributed by atoms with Gasteiger partial charge in [0.1, 0.15) is 0 Å². The standard InChI is InChI=1S/C14H14FN3O6P2/c15-14(25(19,20)21,26(22,23)24)7-9-4-5-16-13(6-9)10-2-1-3-12-11(10)8-17-18-12/h1-6,8H,7H2,(H,17,18)(H2,19,20,21)(H2,22,23,24). The molecule has 3 rings (SSSR count). The number of halogens is 1. The minimum absolute atomic E-state index is 0.0235. The van der Waals surface area contributed by atoms with E-state index in [1.54, 1.807) is 24.4 Å². The second kappa shape index (κ2) is 6.35. The fraction of sp³-hybridized carbons (Fsp3) is 0.143. The van der Waals surface area contributed by atoms with Crippen molar-refractivity contribution in [2.24, 2.45) is 0 Å². The number of aromatic amines is 1. The molecule has 12 heteroatoms. The summed E-state index contributed by atoms with van der Waals surface area (Å²) >= 11 is 0. The third-order valence-electron chi connectivity index (χ3n) is 3.91. The third-order valence-corrected chi connectivity index (χ3v) is 7.57. The lowest BCUT2D eigenvalue weighted by Crippen LogP contribution is -2.26. The molecule has 0 spiro atoms. The van der Waals surface area contributed by atoms with Gasteiger partial charge in [-0.05, 0) is 23.8 Å². The summed E-state index contributed by atoms with van der Waals surface area (Å²) in [6.45, 7) is 0. The van der Waals surface area contributed by atoms with Crippen LogP contribution in [0.2, 0.25) is 0 Å². The van der Waals surface area contributed by atoms with Gasteiger partial charge in [-0.15, -0.1) is 0 Å². The van der Waals surface area contributed by atoms with Gasteiger partial charge in [-0.3, -0.25) is 19.2 Å². The summed E-state index contributed by atoms with van der Waals surface area (Å²) in [4.78, 5) is 40.7. The summed E-state index contributed by atoms with van der Waals surface area (Å²) in [6.07, 6.45) is 1.66. The van der Waals surface area contributed by atoms with E-state index < -0.39 is 26.8 Å². The summed E-state index contributed by atoms with van der Waals surface area (Å²) in [7, 11) is -11.5. The van der Waals surface area contributed by atoms with Crippen molar-refractivity contribution in [3.05, 3.63) is 48.3 Å². The molecule has 2 aromatic heterocycles. The SMILES string of the molecule is O=P(O)(O)C(F)(Cc1ccnc(-c2cccc3[nH]ncc23)c1)P(=O)(O)O. The third kappa shape index (κ3) is 3.23. The van der Waals surface area contributed by atoms with Crippen molar-refractivity contribution in [2.45, 2.75) is 11.6 Å². The van der Waals surface area contributed by atoms with Crippen molar-refractivity contribution in [1.29, 1.82) is 0 Å². The Morgan fingerprint density at radius 3 is 2.46 bits per heavy atom. The van der Waals surface area contributed by atoms with Gasteiger partial charge in [0.2, 0.25) is 0 Å². The van der Waals surface area contributed by atoms with Crippen LogP contribution in [0.15, 0.2) is 42.7 Å². The Balaban J connectivity index is 2.07. The van der Waals surface area contributed by atoms with E-state index in [2.05, 4.69) is 15.2 Å². The van der Waals surface area contributed by atoms with Crippen LogP contribution in [0, 0.1) is 0 Å². The maximum absolute atomic E-state index is 14.7. The topological polar surface area (TPSA) is 157 Å². The fourth-order valence-electron chi connectivity index (χ4n) is 2.56. The average Bonchev–Trinajstić information content (AvgIpc) is 3.01. The van der Waals surface area contributed by atoms with Crippen LogP contribution in [0.3, 0.4) is 0 Å². The molecule has 2 heterocycles. The van der Waals surface area contributed by atoms with Crippen molar-refractivity contribution < 1.29 is 33.1 Å². The Morgan fingerprint density at radius 2 is 1.81 bits per heavy atom. The molecule has 3 aromatic rings. The maximum atomic E-state index is 14.7. The van der Waals surface area contributed by atoms with Gasteiger partial charge in [-0.2, -0.15) is 5.10 Å². The van der Waals surface area contributed by atoms with Gasteiger partial charge in [0, 0.05) is 23.6 Å². The summed E-state index contributed by atoms with van der Waals surface area (Å²) in [5.74, 6) is 0. The number of alkyl halides is 1. The highest BCUT2D eigenvalue weighted by atomic mass is 31.2. The Kier molecular flexibility index (Phi) is 4.60. The number of fused-ring (bicyclic) bond motifs is 1. The van der Waals surface area contributed by atoms with Crippen molar-refractivity contribution in [2.75, 3.05) is 0 Å². The van der Waals surface area contributed by atoms with Crippen molar-refractivity contribution in [1.82, 2.24) is 15.2 Å². The van der Waals surface area contributed by atoms with E-state index in [4.69, 9.17) is 19.6 Å². The molecule has 0 atom stereocenters. The molecule has 0 saturated carbocycles. The first-order chi connectivity index (χ1) is 12.0. The van der Waals surface area contributed by atoms with Crippen LogP contribution in [0.4, 0.5) is 4.39 Å². The number of H-pyrrole nitrogens is 1. The van der Waals surface area contributed by atoms with Gasteiger partial charge in [0.05, 0.1) is 17.4 Å². The van der Waals surface area contributed by atoms with Crippen LogP contribution >= 0.6 is 15.2 Å². The van der Waals surface area contributed by atoms with Crippen LogP contribution in [-0.2, 0) is 15.6 Å². The molecular weight excluding hydrogens is 387 g/mol.